The number of aryl methyl sites for hydroxylation is 1. The Hall–Kier alpha value is -1.35. The number of ether oxygens (including phenoxy) is 1. The molecule has 1 atom stereocenters. The molecule has 0 aromatic heterocycles. The molecule has 1 aromatic carbocycles. The summed E-state index contributed by atoms with van der Waals surface area (Å²) >= 11 is 0. The third-order valence-electron chi connectivity index (χ3n) is 3.77. The zero-order valence-electron chi connectivity index (χ0n) is 11.1. The van der Waals surface area contributed by atoms with Gasteiger partial charge >= 0.3 is 5.97 Å². The number of nitrogens with two attached hydrogens (primary N) is 1. The van der Waals surface area contributed by atoms with Crippen molar-refractivity contribution in [1.29, 1.82) is 0 Å². The Morgan fingerprint density at radius 3 is 2.72 bits per heavy atom. The summed E-state index contributed by atoms with van der Waals surface area (Å²) in [6.07, 6.45) is 2.12. The number of hydrogen-bond acceptors (Lipinski definition) is 3. The molecule has 1 aliphatic carbocycles. The molecule has 2 rings (SSSR count). The third kappa shape index (κ3) is 2.15. The molecule has 0 bridgehead atoms. The molecule has 1 fully saturated rings. The molecule has 1 saturated carbocycles. The maximum Gasteiger partial charge on any atom is 0.318 e. The standard InChI is InChI=1S/C15H21NO2/c1-3-18-14(17)15(10-16,12-7-8-12)13-6-4-5-11(2)9-13/h4-6,9,12H,3,7-8,10,16H2,1-2H3. The topological polar surface area (TPSA) is 52.3 Å². The van der Waals surface area contributed by atoms with Gasteiger partial charge in [0.2, 0.25) is 0 Å². The van der Waals surface area contributed by atoms with E-state index in [1.165, 1.54) is 0 Å². The van der Waals surface area contributed by atoms with Crippen molar-refractivity contribution in [1.82, 2.24) is 0 Å². The fraction of sp³-hybridized carbons (Fsp3) is 0.533. The maximum atomic E-state index is 12.4. The fourth-order valence-corrected chi connectivity index (χ4v) is 2.65. The molecular formula is C15H21NO2. The summed E-state index contributed by atoms with van der Waals surface area (Å²) in [5.41, 5.74) is 7.48. The van der Waals surface area contributed by atoms with Gasteiger partial charge < -0.3 is 10.5 Å². The van der Waals surface area contributed by atoms with Crippen LogP contribution in [0.5, 0.6) is 0 Å². The van der Waals surface area contributed by atoms with Crippen LogP contribution < -0.4 is 5.73 Å². The quantitative estimate of drug-likeness (QED) is 0.811. The van der Waals surface area contributed by atoms with Gasteiger partial charge in [-0.05, 0) is 38.2 Å². The van der Waals surface area contributed by atoms with Crippen LogP contribution in [-0.2, 0) is 14.9 Å². The first-order chi connectivity index (χ1) is 8.65. The van der Waals surface area contributed by atoms with Gasteiger partial charge in [-0.1, -0.05) is 29.8 Å². The molecule has 98 valence electrons. The highest BCUT2D eigenvalue weighted by molar-refractivity contribution is 5.84. The Balaban J connectivity index is 2.44. The molecule has 0 heterocycles. The number of hydrogen-bond donors (Lipinski definition) is 1. The summed E-state index contributed by atoms with van der Waals surface area (Å²) in [5.74, 6) is 0.170. The SMILES string of the molecule is CCOC(=O)C(CN)(c1cccc(C)c1)C1CC1. The minimum Gasteiger partial charge on any atom is -0.465 e. The average Bonchev–Trinajstić information content (AvgIpc) is 3.16. The Bertz CT molecular complexity index is 440. The number of carbonyl (C=O) groups excluding carboxylic acids is 1. The van der Waals surface area contributed by atoms with Gasteiger partial charge in [0.15, 0.2) is 0 Å². The molecular weight excluding hydrogens is 226 g/mol. The summed E-state index contributed by atoms with van der Waals surface area (Å²) in [4.78, 5) is 12.4. The van der Waals surface area contributed by atoms with Crippen LogP contribution in [-0.4, -0.2) is 19.1 Å². The molecule has 18 heavy (non-hydrogen) atoms. The number of benzene rings is 1. The highest BCUT2D eigenvalue weighted by Gasteiger charge is 2.52. The van der Waals surface area contributed by atoms with E-state index in [2.05, 4.69) is 6.07 Å². The van der Waals surface area contributed by atoms with Crippen LogP contribution in [0.1, 0.15) is 30.9 Å². The molecule has 3 nitrogen and oxygen atoms in total. The molecule has 3 heteroatoms. The Morgan fingerprint density at radius 2 is 2.22 bits per heavy atom. The van der Waals surface area contributed by atoms with E-state index in [0.29, 0.717) is 19.1 Å². The van der Waals surface area contributed by atoms with E-state index < -0.39 is 5.41 Å². The predicted octanol–water partition coefficient (Wildman–Crippen LogP) is 2.16. The molecule has 0 spiro atoms. The minimum absolute atomic E-state index is 0.166. The number of esters is 1. The summed E-state index contributed by atoms with van der Waals surface area (Å²) in [5, 5.41) is 0. The van der Waals surface area contributed by atoms with Crippen LogP contribution in [0.4, 0.5) is 0 Å². The smallest absolute Gasteiger partial charge is 0.318 e. The van der Waals surface area contributed by atoms with E-state index in [1.54, 1.807) is 0 Å². The normalized spacial score (nSPS) is 18.2. The highest BCUT2D eigenvalue weighted by atomic mass is 16.5. The molecule has 2 N–H and O–H groups in total. The van der Waals surface area contributed by atoms with Gasteiger partial charge in [-0.2, -0.15) is 0 Å². The van der Waals surface area contributed by atoms with Crippen molar-refractivity contribution in [2.24, 2.45) is 11.7 Å². The first-order valence-electron chi connectivity index (χ1n) is 6.59. The molecule has 1 unspecified atom stereocenters. The molecule has 0 aliphatic heterocycles. The van der Waals surface area contributed by atoms with Gasteiger partial charge in [-0.15, -0.1) is 0 Å². The molecule has 1 aliphatic rings. The van der Waals surface area contributed by atoms with Crippen molar-refractivity contribution in [3.05, 3.63) is 35.4 Å². The summed E-state index contributed by atoms with van der Waals surface area (Å²) < 4.78 is 5.27. The van der Waals surface area contributed by atoms with Gasteiger partial charge in [0.1, 0.15) is 5.41 Å². The molecule has 1 aromatic rings. The van der Waals surface area contributed by atoms with E-state index in [9.17, 15) is 4.79 Å². The van der Waals surface area contributed by atoms with Crippen LogP contribution in [0.15, 0.2) is 24.3 Å². The van der Waals surface area contributed by atoms with Crippen LogP contribution >= 0.6 is 0 Å². The first kappa shape index (κ1) is 13.1. The van der Waals surface area contributed by atoms with Crippen LogP contribution in [0.3, 0.4) is 0 Å². The number of carbonyl (C=O) groups is 1. The average molecular weight is 247 g/mol. The lowest BCUT2D eigenvalue weighted by molar-refractivity contribution is -0.150. The minimum atomic E-state index is -0.637. The lowest BCUT2D eigenvalue weighted by Gasteiger charge is -2.31. The van der Waals surface area contributed by atoms with E-state index in [4.69, 9.17) is 10.5 Å². The maximum absolute atomic E-state index is 12.4. The molecule has 0 saturated heterocycles. The lowest BCUT2D eigenvalue weighted by atomic mass is 9.75. The summed E-state index contributed by atoms with van der Waals surface area (Å²) in [7, 11) is 0. The van der Waals surface area contributed by atoms with Crippen molar-refractivity contribution in [2.75, 3.05) is 13.2 Å². The number of rotatable bonds is 5. The van der Waals surface area contributed by atoms with Gasteiger partial charge in [-0.25, -0.2) is 0 Å². The Kier molecular flexibility index (Phi) is 3.71. The second-order valence-corrected chi connectivity index (χ2v) is 5.04. The second-order valence-electron chi connectivity index (χ2n) is 5.04. The summed E-state index contributed by atoms with van der Waals surface area (Å²) in [6, 6.07) is 8.07. The largest absolute Gasteiger partial charge is 0.465 e. The van der Waals surface area contributed by atoms with Crippen molar-refractivity contribution < 1.29 is 9.53 Å². The third-order valence-corrected chi connectivity index (χ3v) is 3.77. The van der Waals surface area contributed by atoms with Crippen molar-refractivity contribution in [3.8, 4) is 0 Å². The zero-order valence-corrected chi connectivity index (χ0v) is 11.1. The van der Waals surface area contributed by atoms with E-state index in [-0.39, 0.29) is 5.97 Å². The van der Waals surface area contributed by atoms with E-state index in [1.807, 2.05) is 32.0 Å². The van der Waals surface area contributed by atoms with Crippen LogP contribution in [0.2, 0.25) is 0 Å². The fourth-order valence-electron chi connectivity index (χ4n) is 2.65. The highest BCUT2D eigenvalue weighted by Crippen LogP contribution is 2.47. The van der Waals surface area contributed by atoms with Crippen LogP contribution in [0.25, 0.3) is 0 Å². The van der Waals surface area contributed by atoms with Gasteiger partial charge in [-0.3, -0.25) is 4.79 Å². The van der Waals surface area contributed by atoms with Gasteiger partial charge in [0.25, 0.3) is 0 Å². The van der Waals surface area contributed by atoms with Crippen LogP contribution in [0, 0.1) is 12.8 Å². The van der Waals surface area contributed by atoms with Crippen molar-refractivity contribution >= 4 is 5.97 Å². The monoisotopic (exact) mass is 247 g/mol. The van der Waals surface area contributed by atoms with E-state index >= 15 is 0 Å². The lowest BCUT2D eigenvalue weighted by Crippen LogP contribution is -2.46. The van der Waals surface area contributed by atoms with E-state index in [0.717, 1.165) is 24.0 Å². The predicted molar refractivity (Wildman–Crippen MR) is 71.3 cm³/mol. The zero-order chi connectivity index (χ0) is 13.2. The van der Waals surface area contributed by atoms with Gasteiger partial charge in [0.05, 0.1) is 6.61 Å². The van der Waals surface area contributed by atoms with Gasteiger partial charge in [0, 0.05) is 6.54 Å². The Morgan fingerprint density at radius 1 is 1.50 bits per heavy atom. The van der Waals surface area contributed by atoms with Crippen molar-refractivity contribution in [3.63, 3.8) is 0 Å². The summed E-state index contributed by atoms with van der Waals surface area (Å²) in [6.45, 7) is 4.59. The molecule has 0 amide bonds. The van der Waals surface area contributed by atoms with Crippen molar-refractivity contribution in [2.45, 2.75) is 32.1 Å². The second kappa shape index (κ2) is 5.11. The first-order valence-corrected chi connectivity index (χ1v) is 6.59. The molecule has 0 radical (unpaired) electrons. The Labute approximate surface area is 108 Å².